The van der Waals surface area contributed by atoms with E-state index in [4.69, 9.17) is 0 Å². The van der Waals surface area contributed by atoms with Crippen LogP contribution in [0.5, 0.6) is 0 Å². The molecule has 2 aliphatic rings. The number of aromatic nitrogens is 2. The molecule has 0 spiro atoms. The fraction of sp³-hybridized carbons (Fsp3) is 0.450. The predicted molar refractivity (Wildman–Crippen MR) is 103 cm³/mol. The number of amides is 1. The van der Waals surface area contributed by atoms with Crippen molar-refractivity contribution < 1.29 is 4.79 Å². The Bertz CT molecular complexity index is 793. The highest BCUT2D eigenvalue weighted by Gasteiger charge is 2.31. The quantitative estimate of drug-likeness (QED) is 0.876. The highest BCUT2D eigenvalue weighted by atomic mass is 32.2. The lowest BCUT2D eigenvalue weighted by molar-refractivity contribution is -0.125. The fourth-order valence-corrected chi connectivity index (χ4v) is 4.33. The highest BCUT2D eigenvalue weighted by molar-refractivity contribution is 7.99. The van der Waals surface area contributed by atoms with Gasteiger partial charge in [0.1, 0.15) is 5.03 Å². The van der Waals surface area contributed by atoms with E-state index in [-0.39, 0.29) is 11.8 Å². The molecule has 1 atom stereocenters. The van der Waals surface area contributed by atoms with Crippen molar-refractivity contribution in [3.8, 4) is 0 Å². The maximum Gasteiger partial charge on any atom is 0.225 e. The second-order valence-electron chi connectivity index (χ2n) is 7.17. The van der Waals surface area contributed by atoms with E-state index in [1.165, 1.54) is 5.56 Å². The molecule has 0 bridgehead atoms. The van der Waals surface area contributed by atoms with Crippen LogP contribution in [-0.2, 0) is 4.79 Å². The van der Waals surface area contributed by atoms with Gasteiger partial charge in [0.2, 0.25) is 5.91 Å². The Kier molecular flexibility index (Phi) is 5.11. The molecule has 136 valence electrons. The number of aryl methyl sites for hydroxylation is 1. The van der Waals surface area contributed by atoms with E-state index < -0.39 is 0 Å². The van der Waals surface area contributed by atoms with Crippen LogP contribution in [0.25, 0.3) is 0 Å². The zero-order valence-electron chi connectivity index (χ0n) is 15.0. The molecule has 1 aliphatic heterocycles. The first-order valence-corrected chi connectivity index (χ1v) is 10.1. The number of anilines is 1. The zero-order valence-corrected chi connectivity index (χ0v) is 15.8. The number of benzene rings is 1. The van der Waals surface area contributed by atoms with Crippen LogP contribution in [0, 0.1) is 12.8 Å². The maximum absolute atomic E-state index is 12.5. The van der Waals surface area contributed by atoms with Crippen molar-refractivity contribution in [2.75, 3.05) is 18.0 Å². The lowest BCUT2D eigenvalue weighted by Gasteiger charge is -2.33. The van der Waals surface area contributed by atoms with Crippen LogP contribution in [0.3, 0.4) is 0 Å². The summed E-state index contributed by atoms with van der Waals surface area (Å²) in [7, 11) is 0. The first-order valence-electron chi connectivity index (χ1n) is 9.30. The zero-order chi connectivity index (χ0) is 17.9. The molecule has 1 saturated carbocycles. The van der Waals surface area contributed by atoms with Crippen LogP contribution in [0.15, 0.2) is 46.6 Å². The summed E-state index contributed by atoms with van der Waals surface area (Å²) in [4.78, 5) is 25.0. The monoisotopic (exact) mass is 368 g/mol. The molecule has 26 heavy (non-hydrogen) atoms. The van der Waals surface area contributed by atoms with Crippen molar-refractivity contribution in [2.45, 2.75) is 48.6 Å². The number of carbonyl (C=O) groups is 1. The van der Waals surface area contributed by atoms with E-state index in [0.717, 1.165) is 54.5 Å². The Labute approximate surface area is 158 Å². The van der Waals surface area contributed by atoms with Crippen molar-refractivity contribution in [1.29, 1.82) is 0 Å². The van der Waals surface area contributed by atoms with Gasteiger partial charge in [0.05, 0.1) is 5.92 Å². The molecule has 2 aromatic rings. The summed E-state index contributed by atoms with van der Waals surface area (Å²) in [5, 5.41) is 4.05. The Morgan fingerprint density at radius 1 is 1.23 bits per heavy atom. The minimum absolute atomic E-state index is 0.0446. The molecule has 2 heterocycles. The summed E-state index contributed by atoms with van der Waals surface area (Å²) in [6.45, 7) is 3.74. The average molecular weight is 369 g/mol. The van der Waals surface area contributed by atoms with Gasteiger partial charge < -0.3 is 10.2 Å². The van der Waals surface area contributed by atoms with Gasteiger partial charge in [-0.25, -0.2) is 9.97 Å². The lowest BCUT2D eigenvalue weighted by Crippen LogP contribution is -2.44. The standard InChI is InChI=1S/C20H24N4OS/c1-14-4-2-6-17(12-14)26-20-18(21-9-10-22-20)24-11-3-5-15(13-24)19(25)23-16-7-8-16/h2,4,6,9-10,12,15-16H,3,5,7-8,11,13H2,1H3,(H,23,25)/t15-/m0/s1. The molecule has 4 rings (SSSR count). The molecule has 0 radical (unpaired) electrons. The lowest BCUT2D eigenvalue weighted by atomic mass is 9.97. The van der Waals surface area contributed by atoms with Crippen molar-refractivity contribution in [2.24, 2.45) is 5.92 Å². The van der Waals surface area contributed by atoms with Crippen molar-refractivity contribution in [1.82, 2.24) is 15.3 Å². The number of rotatable bonds is 5. The van der Waals surface area contributed by atoms with E-state index in [1.807, 2.05) is 0 Å². The molecule has 0 unspecified atom stereocenters. The topological polar surface area (TPSA) is 58.1 Å². The molecule has 1 N–H and O–H groups in total. The molecule has 1 amide bonds. The number of hydrogen-bond donors (Lipinski definition) is 1. The maximum atomic E-state index is 12.5. The van der Waals surface area contributed by atoms with Crippen LogP contribution >= 0.6 is 11.8 Å². The van der Waals surface area contributed by atoms with Crippen LogP contribution < -0.4 is 10.2 Å². The van der Waals surface area contributed by atoms with Gasteiger partial charge >= 0.3 is 0 Å². The molecule has 1 aliphatic carbocycles. The number of hydrogen-bond acceptors (Lipinski definition) is 5. The summed E-state index contributed by atoms with van der Waals surface area (Å²) in [5.74, 6) is 1.14. The molecule has 5 nitrogen and oxygen atoms in total. The van der Waals surface area contributed by atoms with Gasteiger partial charge in [0, 0.05) is 36.4 Å². The van der Waals surface area contributed by atoms with Crippen LogP contribution in [0.1, 0.15) is 31.2 Å². The molecular formula is C20H24N4OS. The first-order chi connectivity index (χ1) is 12.7. The molecule has 1 aromatic carbocycles. The van der Waals surface area contributed by atoms with Gasteiger partial charge in [-0.2, -0.15) is 0 Å². The number of piperidine rings is 1. The van der Waals surface area contributed by atoms with E-state index in [9.17, 15) is 4.79 Å². The summed E-state index contributed by atoms with van der Waals surface area (Å²) < 4.78 is 0. The van der Waals surface area contributed by atoms with Gasteiger partial charge in [-0.1, -0.05) is 29.5 Å². The molecular weight excluding hydrogens is 344 g/mol. The second-order valence-corrected chi connectivity index (χ2v) is 8.23. The summed E-state index contributed by atoms with van der Waals surface area (Å²) in [6.07, 6.45) is 7.70. The molecule has 1 saturated heterocycles. The molecule has 6 heteroatoms. The summed E-state index contributed by atoms with van der Waals surface area (Å²) in [6, 6.07) is 8.83. The third kappa shape index (κ3) is 4.18. The van der Waals surface area contributed by atoms with Gasteiger partial charge in [-0.3, -0.25) is 4.79 Å². The van der Waals surface area contributed by atoms with Crippen molar-refractivity contribution in [3.63, 3.8) is 0 Å². The number of carbonyl (C=O) groups excluding carboxylic acids is 1. The van der Waals surface area contributed by atoms with Crippen LogP contribution in [0.4, 0.5) is 5.82 Å². The van der Waals surface area contributed by atoms with Crippen molar-refractivity contribution >= 4 is 23.5 Å². The Morgan fingerprint density at radius 3 is 2.88 bits per heavy atom. The normalized spacial score (nSPS) is 20.0. The second kappa shape index (κ2) is 7.66. The Morgan fingerprint density at radius 2 is 2.08 bits per heavy atom. The van der Waals surface area contributed by atoms with Gasteiger partial charge in [0.25, 0.3) is 0 Å². The van der Waals surface area contributed by atoms with Crippen LogP contribution in [-0.4, -0.2) is 35.0 Å². The summed E-state index contributed by atoms with van der Waals surface area (Å²) >= 11 is 1.64. The third-order valence-electron chi connectivity index (χ3n) is 4.87. The number of nitrogens with one attached hydrogen (secondary N) is 1. The fourth-order valence-electron chi connectivity index (χ4n) is 3.33. The van der Waals surface area contributed by atoms with Gasteiger partial charge in [-0.05, 0) is 44.7 Å². The number of nitrogens with zero attached hydrogens (tertiary/aromatic N) is 3. The predicted octanol–water partition coefficient (Wildman–Crippen LogP) is 3.43. The Hall–Kier alpha value is -2.08. The van der Waals surface area contributed by atoms with E-state index in [1.54, 1.807) is 24.2 Å². The van der Waals surface area contributed by atoms with E-state index >= 15 is 0 Å². The SMILES string of the molecule is Cc1cccc(Sc2nccnc2N2CCC[C@H](C(=O)NC3CC3)C2)c1. The van der Waals surface area contributed by atoms with Crippen molar-refractivity contribution in [3.05, 3.63) is 42.2 Å². The molecule has 1 aromatic heterocycles. The summed E-state index contributed by atoms with van der Waals surface area (Å²) in [5.41, 5.74) is 1.23. The minimum Gasteiger partial charge on any atom is -0.354 e. The largest absolute Gasteiger partial charge is 0.354 e. The van der Waals surface area contributed by atoms with E-state index in [0.29, 0.717) is 6.04 Å². The van der Waals surface area contributed by atoms with E-state index in [2.05, 4.69) is 51.4 Å². The average Bonchev–Trinajstić information content (AvgIpc) is 3.46. The third-order valence-corrected chi connectivity index (χ3v) is 5.84. The Balaban J connectivity index is 1.50. The smallest absolute Gasteiger partial charge is 0.225 e. The van der Waals surface area contributed by atoms with Crippen LogP contribution in [0.2, 0.25) is 0 Å². The highest BCUT2D eigenvalue weighted by Crippen LogP contribution is 2.34. The molecule has 2 fully saturated rings. The first kappa shape index (κ1) is 17.3. The minimum atomic E-state index is 0.0446. The van der Waals surface area contributed by atoms with Gasteiger partial charge in [-0.15, -0.1) is 0 Å². The van der Waals surface area contributed by atoms with Gasteiger partial charge in [0.15, 0.2) is 5.82 Å².